The van der Waals surface area contributed by atoms with Gasteiger partial charge in [-0.3, -0.25) is 0 Å². The molecule has 2 heterocycles. The monoisotopic (exact) mass is 208 g/mol. The Balaban J connectivity index is 2.20. The van der Waals surface area contributed by atoms with E-state index < -0.39 is 5.41 Å². The molecule has 0 spiro atoms. The second-order valence-corrected chi connectivity index (χ2v) is 4.44. The minimum atomic E-state index is -0.434. The molecule has 1 fully saturated rings. The molecule has 0 atom stereocenters. The van der Waals surface area contributed by atoms with Crippen molar-refractivity contribution in [1.82, 2.24) is 4.98 Å². The van der Waals surface area contributed by atoms with Crippen LogP contribution in [0.2, 0.25) is 0 Å². The maximum Gasteiger partial charge on any atom is 0.155 e. The number of aromatic nitrogens is 1. The molecule has 1 aromatic rings. The zero-order valence-electron chi connectivity index (χ0n) is 8.12. The Labute approximate surface area is 87.3 Å². The van der Waals surface area contributed by atoms with Gasteiger partial charge in [-0.05, 0) is 6.42 Å². The van der Waals surface area contributed by atoms with Gasteiger partial charge in [0.25, 0.3) is 0 Å². The zero-order valence-corrected chi connectivity index (χ0v) is 8.93. The Morgan fingerprint density at radius 3 is 3.00 bits per heavy atom. The van der Waals surface area contributed by atoms with Gasteiger partial charge in [0.2, 0.25) is 0 Å². The lowest BCUT2D eigenvalue weighted by Crippen LogP contribution is -2.45. The van der Waals surface area contributed by atoms with E-state index in [4.69, 9.17) is 10.00 Å². The molecule has 0 N–H and O–H groups in total. The molecule has 0 saturated carbocycles. The minimum Gasteiger partial charge on any atom is -0.377 e. The number of hydrogen-bond acceptors (Lipinski definition) is 4. The lowest BCUT2D eigenvalue weighted by molar-refractivity contribution is -0.0299. The molecule has 0 aromatic carbocycles. The Hall–Kier alpha value is -0.920. The van der Waals surface area contributed by atoms with Crippen LogP contribution in [-0.2, 0) is 16.6 Å². The summed E-state index contributed by atoms with van der Waals surface area (Å²) in [4.78, 5) is 4.48. The van der Waals surface area contributed by atoms with Crippen LogP contribution in [0, 0.1) is 11.3 Å². The van der Waals surface area contributed by atoms with Crippen LogP contribution in [0.15, 0.2) is 5.38 Å². The summed E-state index contributed by atoms with van der Waals surface area (Å²) in [7, 11) is 0. The molecule has 1 aromatic heterocycles. The van der Waals surface area contributed by atoms with Crippen molar-refractivity contribution >= 4 is 11.3 Å². The van der Waals surface area contributed by atoms with E-state index in [9.17, 15) is 0 Å². The van der Waals surface area contributed by atoms with Crippen molar-refractivity contribution in [2.75, 3.05) is 13.2 Å². The van der Waals surface area contributed by atoms with Crippen LogP contribution in [0.25, 0.3) is 0 Å². The fourth-order valence-electron chi connectivity index (χ4n) is 1.44. The van der Waals surface area contributed by atoms with Gasteiger partial charge in [0.05, 0.1) is 25.0 Å². The van der Waals surface area contributed by atoms with Crippen LogP contribution in [0.4, 0.5) is 0 Å². The largest absolute Gasteiger partial charge is 0.377 e. The predicted molar refractivity (Wildman–Crippen MR) is 54.2 cm³/mol. The van der Waals surface area contributed by atoms with Crippen molar-refractivity contribution in [1.29, 1.82) is 5.26 Å². The zero-order chi connectivity index (χ0) is 10.0. The molecule has 2 rings (SSSR count). The van der Waals surface area contributed by atoms with Crippen molar-refractivity contribution < 1.29 is 4.74 Å². The molecule has 0 bridgehead atoms. The number of thiazole rings is 1. The lowest BCUT2D eigenvalue weighted by Gasteiger charge is -2.32. The second kappa shape index (κ2) is 3.68. The topological polar surface area (TPSA) is 45.9 Å². The average molecular weight is 208 g/mol. The molecule has 1 saturated heterocycles. The molecule has 1 aliphatic heterocycles. The standard InChI is InChI=1S/C10H12N2OS/c1-2-3-8-4-14-9(12-8)10(5-11)6-13-7-10/h4H,2-3,6-7H2,1H3. The third-order valence-corrected chi connectivity index (χ3v) is 3.47. The highest BCUT2D eigenvalue weighted by molar-refractivity contribution is 7.09. The maximum atomic E-state index is 9.07. The van der Waals surface area contributed by atoms with E-state index in [0.717, 1.165) is 23.5 Å². The van der Waals surface area contributed by atoms with Crippen molar-refractivity contribution in [2.24, 2.45) is 0 Å². The third-order valence-electron chi connectivity index (χ3n) is 2.38. The number of ether oxygens (including phenoxy) is 1. The molecule has 3 nitrogen and oxygen atoms in total. The summed E-state index contributed by atoms with van der Waals surface area (Å²) in [6.07, 6.45) is 2.10. The van der Waals surface area contributed by atoms with Gasteiger partial charge in [0.15, 0.2) is 5.41 Å². The smallest absolute Gasteiger partial charge is 0.155 e. The van der Waals surface area contributed by atoms with Gasteiger partial charge in [0.1, 0.15) is 5.01 Å². The summed E-state index contributed by atoms with van der Waals surface area (Å²) in [5.41, 5.74) is 0.672. The fraction of sp³-hybridized carbons (Fsp3) is 0.600. The Kier molecular flexibility index (Phi) is 2.53. The van der Waals surface area contributed by atoms with Crippen LogP contribution >= 0.6 is 11.3 Å². The van der Waals surface area contributed by atoms with E-state index in [1.54, 1.807) is 11.3 Å². The molecular formula is C10H12N2OS. The first kappa shape index (κ1) is 9.63. The minimum absolute atomic E-state index is 0.434. The highest BCUT2D eigenvalue weighted by Gasteiger charge is 2.43. The van der Waals surface area contributed by atoms with Gasteiger partial charge in [-0.2, -0.15) is 5.26 Å². The van der Waals surface area contributed by atoms with Gasteiger partial charge in [-0.1, -0.05) is 13.3 Å². The summed E-state index contributed by atoms with van der Waals surface area (Å²) in [6.45, 7) is 3.14. The highest BCUT2D eigenvalue weighted by atomic mass is 32.1. The molecule has 0 amide bonds. The van der Waals surface area contributed by atoms with E-state index >= 15 is 0 Å². The fourth-order valence-corrected chi connectivity index (χ4v) is 2.42. The summed E-state index contributed by atoms with van der Waals surface area (Å²) in [5, 5.41) is 12.0. The molecule has 0 aliphatic carbocycles. The van der Waals surface area contributed by atoms with Gasteiger partial charge in [0, 0.05) is 5.38 Å². The van der Waals surface area contributed by atoms with Crippen LogP contribution < -0.4 is 0 Å². The summed E-state index contributed by atoms with van der Waals surface area (Å²) >= 11 is 1.58. The number of nitrogens with zero attached hydrogens (tertiary/aromatic N) is 2. The first-order chi connectivity index (χ1) is 6.80. The SMILES string of the molecule is CCCc1csc(C2(C#N)COC2)n1. The summed E-state index contributed by atoms with van der Waals surface area (Å²) in [5.74, 6) is 0. The van der Waals surface area contributed by atoms with Gasteiger partial charge < -0.3 is 4.74 Å². The number of nitriles is 1. The Morgan fingerprint density at radius 2 is 2.50 bits per heavy atom. The molecule has 0 unspecified atom stereocenters. The van der Waals surface area contributed by atoms with Gasteiger partial charge in [-0.15, -0.1) is 11.3 Å². The van der Waals surface area contributed by atoms with E-state index in [1.165, 1.54) is 0 Å². The molecule has 4 heteroatoms. The van der Waals surface area contributed by atoms with E-state index in [0.29, 0.717) is 13.2 Å². The van der Waals surface area contributed by atoms with E-state index in [2.05, 4.69) is 23.4 Å². The summed E-state index contributed by atoms with van der Waals surface area (Å²) < 4.78 is 5.10. The number of rotatable bonds is 3. The van der Waals surface area contributed by atoms with Crippen molar-refractivity contribution in [3.8, 4) is 6.07 Å². The van der Waals surface area contributed by atoms with Crippen LogP contribution in [0.1, 0.15) is 24.0 Å². The van der Waals surface area contributed by atoms with Gasteiger partial charge in [-0.25, -0.2) is 4.98 Å². The first-order valence-corrected chi connectivity index (χ1v) is 5.62. The number of aryl methyl sites for hydroxylation is 1. The molecule has 14 heavy (non-hydrogen) atoms. The second-order valence-electron chi connectivity index (χ2n) is 3.58. The predicted octanol–water partition coefficient (Wildman–Crippen LogP) is 1.89. The van der Waals surface area contributed by atoms with Crippen LogP contribution in [0.3, 0.4) is 0 Å². The summed E-state index contributed by atoms with van der Waals surface area (Å²) in [6, 6.07) is 2.31. The molecule has 0 radical (unpaired) electrons. The third kappa shape index (κ3) is 1.43. The Bertz CT molecular complexity index is 362. The van der Waals surface area contributed by atoms with Gasteiger partial charge >= 0.3 is 0 Å². The highest BCUT2D eigenvalue weighted by Crippen LogP contribution is 2.33. The normalized spacial score (nSPS) is 18.6. The van der Waals surface area contributed by atoms with E-state index in [-0.39, 0.29) is 0 Å². The van der Waals surface area contributed by atoms with Crippen molar-refractivity contribution in [2.45, 2.75) is 25.2 Å². The molecule has 74 valence electrons. The lowest BCUT2D eigenvalue weighted by atomic mass is 9.89. The van der Waals surface area contributed by atoms with Crippen LogP contribution in [0.5, 0.6) is 0 Å². The first-order valence-electron chi connectivity index (χ1n) is 4.74. The Morgan fingerprint density at radius 1 is 1.71 bits per heavy atom. The molecular weight excluding hydrogens is 196 g/mol. The molecule has 1 aliphatic rings. The van der Waals surface area contributed by atoms with Crippen molar-refractivity contribution in [3.63, 3.8) is 0 Å². The van der Waals surface area contributed by atoms with Crippen LogP contribution in [-0.4, -0.2) is 18.2 Å². The van der Waals surface area contributed by atoms with Crippen molar-refractivity contribution in [3.05, 3.63) is 16.1 Å². The number of hydrogen-bond donors (Lipinski definition) is 0. The van der Waals surface area contributed by atoms with E-state index in [1.807, 2.05) is 0 Å². The average Bonchev–Trinajstić information content (AvgIpc) is 2.54. The quantitative estimate of drug-likeness (QED) is 0.762. The maximum absolute atomic E-state index is 9.07.